The minimum absolute atomic E-state index is 0.0117. The van der Waals surface area contributed by atoms with Crippen molar-refractivity contribution in [3.05, 3.63) is 150 Å². The SMILES string of the molecule is CCc1cc(OC)ccc1-c1ccc(C[C@H](NC(=O)[C@H](CC(=O)O)NC(=O)[C@H](CO)NC(=O)[C@@H](NC(=O)[C@](C)(Cc2ccccc2F)NC(=O)[C@@H](NC(=O)CNC(=O)[C@H](CCC(=O)O)NC(=O)[C@]2(C)CCCN2C(=O)[C@H](Cc2c[nH]cn2)NC(=O)OC)[C@@H](C)O)[C@@H](C)O)C(=O)N[C@@H](CCOc2ccc3ccccc3c2)C(N)=O)cc1. The summed E-state index contributed by atoms with van der Waals surface area (Å²) in [5.74, 6) is -15.7. The molecule has 36 nitrogen and oxygen atoms in total. The lowest BCUT2D eigenvalue weighted by atomic mass is 9.90. The zero-order valence-electron chi connectivity index (χ0n) is 64.2. The summed E-state index contributed by atoms with van der Waals surface area (Å²) in [5, 5.41) is 77.4. The summed E-state index contributed by atoms with van der Waals surface area (Å²) in [6.45, 7) is 3.99. The molecule has 12 amide bonds. The number of nitrogens with one attached hydrogen (secondary N) is 11. The van der Waals surface area contributed by atoms with Crippen LogP contribution in [-0.2, 0) is 92.7 Å². The van der Waals surface area contributed by atoms with Crippen molar-refractivity contribution >= 4 is 93.8 Å². The summed E-state index contributed by atoms with van der Waals surface area (Å²) in [7, 11) is 2.62. The van der Waals surface area contributed by atoms with Gasteiger partial charge in [-0.3, -0.25) is 62.3 Å². The molecule has 12 atom stereocenters. The number of ether oxygens (including phenoxy) is 3. The van der Waals surface area contributed by atoms with Gasteiger partial charge in [-0.1, -0.05) is 85.8 Å². The van der Waals surface area contributed by atoms with Gasteiger partial charge in [0.15, 0.2) is 0 Å². The number of fused-ring (bicyclic) bond motifs is 1. The molecule has 618 valence electrons. The Balaban J connectivity index is 1.04. The van der Waals surface area contributed by atoms with E-state index in [4.69, 9.17) is 19.9 Å². The molecule has 1 saturated heterocycles. The largest absolute Gasteiger partial charge is 0.497 e. The van der Waals surface area contributed by atoms with E-state index in [2.05, 4.69) is 63.1 Å². The molecule has 0 saturated carbocycles. The number of carbonyl (C=O) groups is 14. The number of alkyl carbamates (subject to hydrolysis) is 1. The number of carboxylic acid groups (broad SMARTS) is 2. The number of primary amides is 1. The van der Waals surface area contributed by atoms with Crippen molar-refractivity contribution < 1.29 is 111 Å². The van der Waals surface area contributed by atoms with E-state index in [9.17, 15) is 92.7 Å². The maximum Gasteiger partial charge on any atom is 0.407 e. The molecule has 0 unspecified atom stereocenters. The number of likely N-dealkylation sites (tertiary alicyclic amines) is 1. The van der Waals surface area contributed by atoms with Crippen LogP contribution in [0, 0.1) is 5.82 Å². The molecule has 0 bridgehead atoms. The highest BCUT2D eigenvalue weighted by molar-refractivity contribution is 6.01. The molecule has 1 aliphatic heterocycles. The van der Waals surface area contributed by atoms with E-state index in [1.165, 1.54) is 42.5 Å². The Kier molecular flexibility index (Phi) is 32.5. The summed E-state index contributed by atoms with van der Waals surface area (Å²) in [6, 6.07) is 15.7. The van der Waals surface area contributed by atoms with E-state index in [1.54, 1.807) is 49.6 Å². The number of halogens is 1. The Morgan fingerprint density at radius 1 is 0.661 bits per heavy atom. The third-order valence-electron chi connectivity index (χ3n) is 19.3. The molecule has 37 heteroatoms. The Hall–Kier alpha value is -12.6. The van der Waals surface area contributed by atoms with E-state index in [1.807, 2.05) is 49.4 Å². The van der Waals surface area contributed by atoms with Gasteiger partial charge in [0.1, 0.15) is 76.7 Å². The minimum atomic E-state index is -2.45. The molecule has 0 radical (unpaired) electrons. The predicted molar refractivity (Wildman–Crippen MR) is 408 cm³/mol. The van der Waals surface area contributed by atoms with Crippen molar-refractivity contribution in [2.45, 2.75) is 170 Å². The number of hydrogen-bond acceptors (Lipinski definition) is 21. The molecule has 7 rings (SSSR count). The number of imidazole rings is 1. The second-order valence-corrected chi connectivity index (χ2v) is 27.9. The molecule has 2 heterocycles. The monoisotopic (exact) mass is 1600 g/mol. The normalized spacial score (nSPS) is 16.2. The van der Waals surface area contributed by atoms with E-state index in [0.29, 0.717) is 29.2 Å². The number of carbonyl (C=O) groups excluding carboxylic acids is 12. The number of aliphatic hydroxyl groups is 3. The number of H-pyrrole nitrogens is 1. The second-order valence-electron chi connectivity index (χ2n) is 27.9. The molecule has 6 aromatic rings. The molecule has 18 N–H and O–H groups in total. The number of benzene rings is 5. The first-order valence-corrected chi connectivity index (χ1v) is 36.8. The third kappa shape index (κ3) is 25.2. The number of aliphatic carboxylic acids is 2. The lowest BCUT2D eigenvalue weighted by molar-refractivity contribution is -0.146. The van der Waals surface area contributed by atoms with Gasteiger partial charge in [-0.25, -0.2) is 14.2 Å². The summed E-state index contributed by atoms with van der Waals surface area (Å²) in [4.78, 5) is 200. The molecule has 1 aliphatic rings. The first-order chi connectivity index (χ1) is 54.6. The lowest BCUT2D eigenvalue weighted by Crippen LogP contribution is -2.67. The summed E-state index contributed by atoms with van der Waals surface area (Å²) < 4.78 is 31.6. The quantitative estimate of drug-likeness (QED) is 0.0230. The van der Waals surface area contributed by atoms with Crippen LogP contribution in [0.15, 0.2) is 122 Å². The molecule has 5 aromatic carbocycles. The molecule has 0 aliphatic carbocycles. The second kappa shape index (κ2) is 41.8. The zero-order chi connectivity index (χ0) is 84.4. The van der Waals surface area contributed by atoms with Gasteiger partial charge in [0.25, 0.3) is 0 Å². The van der Waals surface area contributed by atoms with E-state index < -0.39 is 199 Å². The summed E-state index contributed by atoms with van der Waals surface area (Å²) in [5.41, 5.74) is 4.82. The highest BCUT2D eigenvalue weighted by atomic mass is 19.1. The number of aromatic amines is 1. The average molecular weight is 1600 g/mol. The smallest absolute Gasteiger partial charge is 0.407 e. The number of methoxy groups -OCH3 is 2. The number of aliphatic hydroxyl groups excluding tert-OH is 3. The van der Waals surface area contributed by atoms with Crippen LogP contribution in [0.3, 0.4) is 0 Å². The Morgan fingerprint density at radius 2 is 1.30 bits per heavy atom. The van der Waals surface area contributed by atoms with Crippen molar-refractivity contribution in [3.8, 4) is 22.6 Å². The van der Waals surface area contributed by atoms with Crippen LogP contribution in [0.2, 0.25) is 0 Å². The molecular formula is C78H97FN14O22. The zero-order valence-corrected chi connectivity index (χ0v) is 64.2. The van der Waals surface area contributed by atoms with Gasteiger partial charge in [0, 0.05) is 44.8 Å². The molecule has 0 spiro atoms. The fourth-order valence-electron chi connectivity index (χ4n) is 12.8. The van der Waals surface area contributed by atoms with Gasteiger partial charge < -0.3 is 109 Å². The average Bonchev–Trinajstić information content (AvgIpc) is 1.63. The van der Waals surface area contributed by atoms with Crippen LogP contribution in [0.1, 0.15) is 95.5 Å². The topological polar surface area (TPSA) is 546 Å². The summed E-state index contributed by atoms with van der Waals surface area (Å²) in [6.07, 6.45) is -4.75. The Labute approximate surface area is 659 Å². The minimum Gasteiger partial charge on any atom is -0.497 e. The van der Waals surface area contributed by atoms with Gasteiger partial charge in [-0.2, -0.15) is 0 Å². The van der Waals surface area contributed by atoms with Gasteiger partial charge >= 0.3 is 18.0 Å². The van der Waals surface area contributed by atoms with Gasteiger partial charge in [0.2, 0.25) is 65.0 Å². The summed E-state index contributed by atoms with van der Waals surface area (Å²) >= 11 is 0. The fraction of sp³-hybridized carbons (Fsp3) is 0.423. The van der Waals surface area contributed by atoms with Gasteiger partial charge in [0.05, 0.1) is 64.6 Å². The van der Waals surface area contributed by atoms with E-state index in [0.717, 1.165) is 61.4 Å². The number of rotatable bonds is 42. The molecule has 1 aromatic heterocycles. The number of hydrogen-bond donors (Lipinski definition) is 17. The van der Waals surface area contributed by atoms with Crippen molar-refractivity contribution in [2.24, 2.45) is 5.73 Å². The highest BCUT2D eigenvalue weighted by Gasteiger charge is 2.49. The van der Waals surface area contributed by atoms with Crippen molar-refractivity contribution in [1.82, 2.24) is 68.0 Å². The van der Waals surface area contributed by atoms with Crippen LogP contribution in [0.5, 0.6) is 11.5 Å². The maximum absolute atomic E-state index is 15.6. The van der Waals surface area contributed by atoms with Crippen LogP contribution in [0.4, 0.5) is 9.18 Å². The number of aromatic nitrogens is 2. The van der Waals surface area contributed by atoms with Crippen molar-refractivity contribution in [1.29, 1.82) is 0 Å². The Morgan fingerprint density at radius 3 is 1.92 bits per heavy atom. The van der Waals surface area contributed by atoms with Crippen molar-refractivity contribution in [3.63, 3.8) is 0 Å². The number of carboxylic acids is 2. The number of nitrogens with zero attached hydrogens (tertiary/aromatic N) is 2. The van der Waals surface area contributed by atoms with Gasteiger partial charge in [-0.15, -0.1) is 0 Å². The van der Waals surface area contributed by atoms with E-state index >= 15 is 4.39 Å². The van der Waals surface area contributed by atoms with Crippen LogP contribution >= 0.6 is 0 Å². The standard InChI is InChI=1S/C78H97FN14O22/c1-8-45-33-51(113-6)24-25-53(45)47-20-18-44(19-21-47)32-57(68(104)84-55(66(80)102)28-31-115-52-23-22-46-14-9-10-15-48(46)34-52)85-69(105)58(36-63(100)101)86-70(106)60(40-94)87-71(107)64(42(2)95)91-74(110)77(4,37-49-16-11-12-17-54(49)79)92-72(108)65(43(3)96)90-61(97)39-82-67(103)56(26-27-62(98)99)88-75(111)78(5)29-13-30-93(78)73(109)59(89-76(112)114-7)35-50-38-81-41-83-50/h9-12,14-25,33-34,38,41-43,55-60,64-65,94-96H,8,13,26-32,35-37,39-40H2,1-7H3,(H2,80,102)(H,81,83)(H,82,103)(H,84,104)(H,85,105)(H,86,106)(H,87,107)(H,88,111)(H,89,112)(H,90,97)(H,91,110)(H,92,108)(H,98,99)(H,100,101)/t42-,43-,55+,56+,57+,58+,59+,60+,64+,65+,77+,78+/m1/s1. The number of nitrogens with two attached hydrogens (primary N) is 1. The third-order valence-corrected chi connectivity index (χ3v) is 19.3. The number of aryl methyl sites for hydroxylation is 1. The van der Waals surface area contributed by atoms with Crippen LogP contribution < -0.4 is 68.4 Å². The molecule has 115 heavy (non-hydrogen) atoms. The van der Waals surface area contributed by atoms with Gasteiger partial charge in [-0.05, 0) is 122 Å². The lowest BCUT2D eigenvalue weighted by Gasteiger charge is -2.37. The molecule has 1 fully saturated rings. The van der Waals surface area contributed by atoms with Crippen LogP contribution in [0.25, 0.3) is 21.9 Å². The highest BCUT2D eigenvalue weighted by Crippen LogP contribution is 2.32. The van der Waals surface area contributed by atoms with Crippen LogP contribution in [-0.4, -0.2) is 236 Å². The van der Waals surface area contributed by atoms with Crippen molar-refractivity contribution in [2.75, 3.05) is 40.5 Å². The number of amides is 12. The molecular weight excluding hydrogens is 1500 g/mol. The Bertz CT molecular complexity index is 4490. The first-order valence-electron chi connectivity index (χ1n) is 36.8. The van der Waals surface area contributed by atoms with E-state index in [-0.39, 0.29) is 50.8 Å². The first kappa shape index (κ1) is 89.6. The predicted octanol–water partition coefficient (Wildman–Crippen LogP) is -0.494. The maximum atomic E-state index is 15.6. The fourth-order valence-corrected chi connectivity index (χ4v) is 12.8.